The van der Waals surface area contributed by atoms with E-state index in [0.717, 1.165) is 11.3 Å². The summed E-state index contributed by atoms with van der Waals surface area (Å²) in [6.07, 6.45) is 3.17. The van der Waals surface area contributed by atoms with Crippen molar-refractivity contribution in [2.24, 2.45) is 5.73 Å². The summed E-state index contributed by atoms with van der Waals surface area (Å²) in [6, 6.07) is 7.49. The minimum absolute atomic E-state index is 0.131. The van der Waals surface area contributed by atoms with Crippen LogP contribution in [0, 0.1) is 0 Å². The lowest BCUT2D eigenvalue weighted by molar-refractivity contribution is -0.111. The highest BCUT2D eigenvalue weighted by Gasteiger charge is 2.01. The van der Waals surface area contributed by atoms with Crippen molar-refractivity contribution in [1.29, 1.82) is 0 Å². The number of carbonyl (C=O) groups excluding carboxylic acids is 1. The largest absolute Gasteiger partial charge is 0.326 e. The zero-order valence-electron chi connectivity index (χ0n) is 8.16. The van der Waals surface area contributed by atoms with Gasteiger partial charge < -0.3 is 11.1 Å². The second-order valence-corrected chi connectivity index (χ2v) is 2.85. The molecule has 0 saturated carbocycles. The number of carbonyl (C=O) groups is 1. The van der Waals surface area contributed by atoms with Crippen molar-refractivity contribution in [3.8, 4) is 0 Å². The molecule has 0 aliphatic rings. The molecule has 74 valence electrons. The van der Waals surface area contributed by atoms with Crippen LogP contribution in [0.15, 0.2) is 36.4 Å². The van der Waals surface area contributed by atoms with Crippen LogP contribution < -0.4 is 11.1 Å². The second kappa shape index (κ2) is 5.19. The van der Waals surface area contributed by atoms with E-state index in [1.807, 2.05) is 24.3 Å². The molecule has 0 aromatic heterocycles. The fourth-order valence-electron chi connectivity index (χ4n) is 1.15. The van der Waals surface area contributed by atoms with Crippen LogP contribution in [0.1, 0.15) is 12.5 Å². The molecule has 0 unspecified atom stereocenters. The predicted molar refractivity (Wildman–Crippen MR) is 57.8 cm³/mol. The van der Waals surface area contributed by atoms with Crippen LogP contribution >= 0.6 is 0 Å². The van der Waals surface area contributed by atoms with Crippen LogP contribution in [0.4, 0.5) is 5.69 Å². The van der Waals surface area contributed by atoms with Crippen molar-refractivity contribution in [3.63, 3.8) is 0 Å². The molecule has 0 aliphatic heterocycles. The van der Waals surface area contributed by atoms with E-state index in [2.05, 4.69) is 5.32 Å². The van der Waals surface area contributed by atoms with E-state index in [-0.39, 0.29) is 5.91 Å². The molecule has 1 aromatic rings. The van der Waals surface area contributed by atoms with Crippen molar-refractivity contribution < 1.29 is 4.79 Å². The number of benzene rings is 1. The molecule has 3 N–H and O–H groups in total. The lowest BCUT2D eigenvalue weighted by Crippen LogP contribution is -2.11. The van der Waals surface area contributed by atoms with Crippen LogP contribution in [0.2, 0.25) is 0 Å². The normalized spacial score (nSPS) is 10.4. The molecule has 0 saturated heterocycles. The maximum atomic E-state index is 11.2. The summed E-state index contributed by atoms with van der Waals surface area (Å²) in [4.78, 5) is 11.2. The summed E-state index contributed by atoms with van der Waals surface area (Å²) in [6.45, 7) is 2.22. The summed E-state index contributed by atoms with van der Waals surface area (Å²) < 4.78 is 0. The molecule has 14 heavy (non-hydrogen) atoms. The Morgan fingerprint density at radius 3 is 2.86 bits per heavy atom. The Bertz CT molecular complexity index is 345. The van der Waals surface area contributed by atoms with Gasteiger partial charge in [0.1, 0.15) is 0 Å². The summed E-state index contributed by atoms with van der Waals surface area (Å²) in [5.41, 5.74) is 7.24. The smallest absolute Gasteiger partial charge is 0.248 e. The number of nitrogens with one attached hydrogen (secondary N) is 1. The second-order valence-electron chi connectivity index (χ2n) is 2.85. The first-order chi connectivity index (χ1) is 6.77. The summed E-state index contributed by atoms with van der Waals surface area (Å²) in [5, 5.41) is 2.76. The van der Waals surface area contributed by atoms with Gasteiger partial charge in [-0.2, -0.15) is 0 Å². The van der Waals surface area contributed by atoms with Gasteiger partial charge in [-0.25, -0.2) is 0 Å². The molecular formula is C11H14N2O. The number of para-hydroxylation sites is 1. The number of allylic oxidation sites excluding steroid dienone is 1. The first-order valence-electron chi connectivity index (χ1n) is 4.49. The Labute approximate surface area is 83.6 Å². The van der Waals surface area contributed by atoms with Crippen LogP contribution in [0.25, 0.3) is 0 Å². The molecule has 0 radical (unpaired) electrons. The monoisotopic (exact) mass is 190 g/mol. The molecular weight excluding hydrogens is 176 g/mol. The Balaban J connectivity index is 2.80. The molecule has 0 heterocycles. The number of anilines is 1. The van der Waals surface area contributed by atoms with Gasteiger partial charge in [0.15, 0.2) is 0 Å². The molecule has 0 atom stereocenters. The van der Waals surface area contributed by atoms with Crippen molar-refractivity contribution in [2.75, 3.05) is 5.32 Å². The fraction of sp³-hybridized carbons (Fsp3) is 0.182. The van der Waals surface area contributed by atoms with Crippen LogP contribution in [0.5, 0.6) is 0 Å². The summed E-state index contributed by atoms with van der Waals surface area (Å²) in [7, 11) is 0. The predicted octanol–water partition coefficient (Wildman–Crippen LogP) is 1.66. The van der Waals surface area contributed by atoms with Crippen LogP contribution in [-0.2, 0) is 11.3 Å². The quantitative estimate of drug-likeness (QED) is 0.712. The van der Waals surface area contributed by atoms with Gasteiger partial charge in [0.05, 0.1) is 0 Å². The lowest BCUT2D eigenvalue weighted by atomic mass is 10.2. The minimum Gasteiger partial charge on any atom is -0.326 e. The number of rotatable bonds is 3. The zero-order chi connectivity index (χ0) is 10.4. The summed E-state index contributed by atoms with van der Waals surface area (Å²) >= 11 is 0. The van der Waals surface area contributed by atoms with E-state index >= 15 is 0 Å². The lowest BCUT2D eigenvalue weighted by Gasteiger charge is -2.07. The highest BCUT2D eigenvalue weighted by molar-refractivity contribution is 5.99. The minimum atomic E-state index is -0.131. The van der Waals surface area contributed by atoms with Gasteiger partial charge in [-0.05, 0) is 24.6 Å². The fourth-order valence-corrected chi connectivity index (χ4v) is 1.15. The Morgan fingerprint density at radius 2 is 2.21 bits per heavy atom. The SMILES string of the molecule is CC=CC(=O)Nc1ccccc1CN. The van der Waals surface area contributed by atoms with Crippen molar-refractivity contribution >= 4 is 11.6 Å². The maximum Gasteiger partial charge on any atom is 0.248 e. The van der Waals surface area contributed by atoms with Crippen LogP contribution in [-0.4, -0.2) is 5.91 Å². The molecule has 1 amide bonds. The number of amides is 1. The molecule has 0 aliphatic carbocycles. The van der Waals surface area contributed by atoms with Crippen LogP contribution in [0.3, 0.4) is 0 Å². The first-order valence-corrected chi connectivity index (χ1v) is 4.49. The van der Waals surface area contributed by atoms with E-state index in [0.29, 0.717) is 6.54 Å². The Hall–Kier alpha value is -1.61. The third-order valence-corrected chi connectivity index (χ3v) is 1.81. The third kappa shape index (κ3) is 2.71. The average molecular weight is 190 g/mol. The van der Waals surface area contributed by atoms with Gasteiger partial charge >= 0.3 is 0 Å². The number of nitrogens with two attached hydrogens (primary N) is 1. The molecule has 1 rings (SSSR count). The average Bonchev–Trinajstić information content (AvgIpc) is 2.19. The third-order valence-electron chi connectivity index (χ3n) is 1.81. The Morgan fingerprint density at radius 1 is 1.50 bits per heavy atom. The van der Waals surface area contributed by atoms with Gasteiger partial charge in [-0.15, -0.1) is 0 Å². The van der Waals surface area contributed by atoms with Gasteiger partial charge in [0.2, 0.25) is 5.91 Å². The highest BCUT2D eigenvalue weighted by atomic mass is 16.1. The van der Waals surface area contributed by atoms with Gasteiger partial charge in [0, 0.05) is 12.2 Å². The van der Waals surface area contributed by atoms with Gasteiger partial charge in [-0.3, -0.25) is 4.79 Å². The molecule has 3 nitrogen and oxygen atoms in total. The van der Waals surface area contributed by atoms with E-state index in [9.17, 15) is 4.79 Å². The molecule has 0 bridgehead atoms. The maximum absolute atomic E-state index is 11.2. The molecule has 1 aromatic carbocycles. The number of hydrogen-bond donors (Lipinski definition) is 2. The van der Waals surface area contributed by atoms with E-state index in [1.54, 1.807) is 13.0 Å². The molecule has 0 fully saturated rings. The Kier molecular flexibility index (Phi) is 3.88. The topological polar surface area (TPSA) is 55.1 Å². The zero-order valence-corrected chi connectivity index (χ0v) is 8.16. The van der Waals surface area contributed by atoms with Gasteiger partial charge in [-0.1, -0.05) is 24.3 Å². The number of hydrogen-bond acceptors (Lipinski definition) is 2. The van der Waals surface area contributed by atoms with Gasteiger partial charge in [0.25, 0.3) is 0 Å². The highest BCUT2D eigenvalue weighted by Crippen LogP contribution is 2.13. The summed E-state index contributed by atoms with van der Waals surface area (Å²) in [5.74, 6) is -0.131. The molecule has 0 spiro atoms. The molecule has 3 heteroatoms. The first kappa shape index (κ1) is 10.5. The standard InChI is InChI=1S/C11H14N2O/c1-2-5-11(14)13-10-7-4-3-6-9(10)8-12/h2-7H,8,12H2,1H3,(H,13,14). The van der Waals surface area contributed by atoms with E-state index in [4.69, 9.17) is 5.73 Å². The van der Waals surface area contributed by atoms with Crippen molar-refractivity contribution in [3.05, 3.63) is 42.0 Å². The van der Waals surface area contributed by atoms with Crippen molar-refractivity contribution in [1.82, 2.24) is 0 Å². The van der Waals surface area contributed by atoms with E-state index < -0.39 is 0 Å². The van der Waals surface area contributed by atoms with E-state index in [1.165, 1.54) is 6.08 Å². The van der Waals surface area contributed by atoms with Crippen molar-refractivity contribution in [2.45, 2.75) is 13.5 Å².